The molecule has 2 aromatic rings. The zero-order valence-electron chi connectivity index (χ0n) is 10.5. The Morgan fingerprint density at radius 2 is 1.89 bits per heavy atom. The molecule has 0 aliphatic heterocycles. The van der Waals surface area contributed by atoms with Crippen LogP contribution in [0.2, 0.25) is 0 Å². The van der Waals surface area contributed by atoms with E-state index in [1.807, 2.05) is 6.07 Å². The van der Waals surface area contributed by atoms with Crippen molar-refractivity contribution in [3.05, 3.63) is 41.8 Å². The molecule has 1 aromatic carbocycles. The topological polar surface area (TPSA) is 55.1 Å². The summed E-state index contributed by atoms with van der Waals surface area (Å²) in [5.41, 5.74) is 1.27. The van der Waals surface area contributed by atoms with Gasteiger partial charge in [-0.05, 0) is 24.3 Å². The number of ether oxygens (including phenoxy) is 2. The number of hydrogen-bond donors (Lipinski definition) is 0. The number of nitrogens with zero attached hydrogens (tertiary/aromatic N) is 2. The van der Waals surface area contributed by atoms with Crippen molar-refractivity contribution in [2.24, 2.45) is 0 Å². The van der Waals surface area contributed by atoms with Gasteiger partial charge in [0.25, 0.3) is 0 Å². The average molecular weight is 258 g/mol. The highest BCUT2D eigenvalue weighted by molar-refractivity contribution is 5.69. The van der Waals surface area contributed by atoms with E-state index < -0.39 is 5.82 Å². The van der Waals surface area contributed by atoms with E-state index in [2.05, 4.69) is 4.98 Å². The average Bonchev–Trinajstić information content (AvgIpc) is 2.46. The molecule has 1 aromatic heterocycles. The van der Waals surface area contributed by atoms with Crippen molar-refractivity contribution in [2.45, 2.75) is 0 Å². The molecule has 0 bridgehead atoms. The van der Waals surface area contributed by atoms with Crippen LogP contribution in [0, 0.1) is 17.1 Å². The summed E-state index contributed by atoms with van der Waals surface area (Å²) in [6.07, 6.45) is 1.43. The van der Waals surface area contributed by atoms with E-state index in [0.29, 0.717) is 28.3 Å². The largest absolute Gasteiger partial charge is 0.496 e. The molecule has 0 amide bonds. The predicted molar refractivity (Wildman–Crippen MR) is 67.5 cm³/mol. The van der Waals surface area contributed by atoms with Gasteiger partial charge in [0, 0.05) is 5.56 Å². The maximum Gasteiger partial charge on any atom is 0.154 e. The molecule has 2 rings (SSSR count). The lowest BCUT2D eigenvalue weighted by Crippen LogP contribution is -1.94. The van der Waals surface area contributed by atoms with E-state index in [1.54, 1.807) is 0 Å². The lowest BCUT2D eigenvalue weighted by molar-refractivity contribution is 0.411. The number of rotatable bonds is 3. The van der Waals surface area contributed by atoms with Crippen molar-refractivity contribution in [1.82, 2.24) is 4.98 Å². The lowest BCUT2D eigenvalue weighted by atomic mass is 10.1. The molecule has 96 valence electrons. The summed E-state index contributed by atoms with van der Waals surface area (Å²) in [7, 11) is 2.95. The molecule has 0 saturated carbocycles. The van der Waals surface area contributed by atoms with Crippen LogP contribution in [0.25, 0.3) is 11.3 Å². The van der Waals surface area contributed by atoms with Gasteiger partial charge in [0.1, 0.15) is 17.6 Å². The summed E-state index contributed by atoms with van der Waals surface area (Å²) < 4.78 is 23.5. The highest BCUT2D eigenvalue weighted by atomic mass is 19.1. The minimum absolute atomic E-state index is 0.332. The fraction of sp³-hybridized carbons (Fsp3) is 0.143. The molecular formula is C14H11FN2O2. The van der Waals surface area contributed by atoms with Gasteiger partial charge in [0.2, 0.25) is 0 Å². The molecule has 19 heavy (non-hydrogen) atoms. The van der Waals surface area contributed by atoms with Gasteiger partial charge in [-0.25, -0.2) is 4.39 Å². The van der Waals surface area contributed by atoms with E-state index in [4.69, 9.17) is 14.7 Å². The van der Waals surface area contributed by atoms with Crippen molar-refractivity contribution in [3.63, 3.8) is 0 Å². The molecule has 0 aliphatic rings. The fourth-order valence-electron chi connectivity index (χ4n) is 1.72. The fourth-order valence-corrected chi connectivity index (χ4v) is 1.72. The predicted octanol–water partition coefficient (Wildman–Crippen LogP) is 2.78. The zero-order valence-corrected chi connectivity index (χ0v) is 10.5. The minimum Gasteiger partial charge on any atom is -0.496 e. The maximum absolute atomic E-state index is 13.3. The molecular weight excluding hydrogens is 247 g/mol. The Hall–Kier alpha value is -2.61. The van der Waals surface area contributed by atoms with Gasteiger partial charge in [-0.1, -0.05) is 0 Å². The summed E-state index contributed by atoms with van der Waals surface area (Å²) in [4.78, 5) is 4.16. The summed E-state index contributed by atoms with van der Waals surface area (Å²) in [6.45, 7) is 0. The van der Waals surface area contributed by atoms with Crippen LogP contribution in [0.4, 0.5) is 4.39 Å². The molecule has 0 radical (unpaired) electrons. The molecule has 0 aliphatic carbocycles. The van der Waals surface area contributed by atoms with Crippen LogP contribution in [0.3, 0.4) is 0 Å². The maximum atomic E-state index is 13.3. The Kier molecular flexibility index (Phi) is 3.62. The Labute approximate surface area is 110 Å². The van der Waals surface area contributed by atoms with Gasteiger partial charge in [-0.3, -0.25) is 4.98 Å². The van der Waals surface area contributed by atoms with E-state index in [-0.39, 0.29) is 0 Å². The highest BCUT2D eigenvalue weighted by Crippen LogP contribution is 2.31. The Morgan fingerprint density at radius 3 is 2.53 bits per heavy atom. The number of halogens is 1. The molecule has 0 unspecified atom stereocenters. The number of hydrogen-bond acceptors (Lipinski definition) is 4. The highest BCUT2D eigenvalue weighted by Gasteiger charge is 2.12. The summed E-state index contributed by atoms with van der Waals surface area (Å²) >= 11 is 0. The van der Waals surface area contributed by atoms with Crippen LogP contribution in [0.15, 0.2) is 30.5 Å². The summed E-state index contributed by atoms with van der Waals surface area (Å²) in [5, 5.41) is 9.04. The van der Waals surface area contributed by atoms with Crippen LogP contribution < -0.4 is 9.47 Å². The van der Waals surface area contributed by atoms with Gasteiger partial charge >= 0.3 is 0 Å². The molecule has 0 spiro atoms. The number of benzene rings is 1. The van der Waals surface area contributed by atoms with Gasteiger partial charge in [0.05, 0.1) is 31.7 Å². The van der Waals surface area contributed by atoms with Gasteiger partial charge in [-0.2, -0.15) is 5.26 Å². The first-order valence-electron chi connectivity index (χ1n) is 5.47. The summed E-state index contributed by atoms with van der Waals surface area (Å²) in [6, 6.07) is 7.68. The van der Waals surface area contributed by atoms with Gasteiger partial charge < -0.3 is 9.47 Å². The first-order chi connectivity index (χ1) is 9.19. The van der Waals surface area contributed by atoms with Gasteiger partial charge in [-0.15, -0.1) is 0 Å². The molecule has 0 fully saturated rings. The first kappa shape index (κ1) is 12.8. The second-order valence-corrected chi connectivity index (χ2v) is 3.73. The Balaban J connectivity index is 2.59. The van der Waals surface area contributed by atoms with Crippen LogP contribution in [-0.2, 0) is 0 Å². The third-order valence-electron chi connectivity index (χ3n) is 2.65. The van der Waals surface area contributed by atoms with Crippen molar-refractivity contribution >= 4 is 0 Å². The molecule has 0 N–H and O–H groups in total. The van der Waals surface area contributed by atoms with Crippen LogP contribution in [0.1, 0.15) is 5.56 Å². The number of methoxy groups -OCH3 is 2. The molecule has 4 nitrogen and oxygen atoms in total. The third kappa shape index (κ3) is 2.47. The second-order valence-electron chi connectivity index (χ2n) is 3.73. The number of nitriles is 1. The summed E-state index contributed by atoms with van der Waals surface area (Å²) in [5.74, 6) is 0.469. The standard InChI is InChI=1S/C14H11FN2O2/c1-18-13-4-3-10(15)6-11(13)12-5-9(7-16)14(19-2)8-17-12/h3-6,8H,1-2H3. The normalized spacial score (nSPS) is 9.79. The minimum atomic E-state index is -0.396. The van der Waals surface area contributed by atoms with Crippen molar-refractivity contribution < 1.29 is 13.9 Å². The molecule has 0 atom stereocenters. The lowest BCUT2D eigenvalue weighted by Gasteiger charge is -2.09. The Bertz CT molecular complexity index is 650. The van der Waals surface area contributed by atoms with Gasteiger partial charge in [0.15, 0.2) is 5.75 Å². The van der Waals surface area contributed by atoms with E-state index in [0.717, 1.165) is 0 Å². The van der Waals surface area contributed by atoms with Crippen LogP contribution >= 0.6 is 0 Å². The third-order valence-corrected chi connectivity index (χ3v) is 2.65. The molecule has 5 heteroatoms. The Morgan fingerprint density at radius 1 is 1.16 bits per heavy atom. The van der Waals surface area contributed by atoms with Crippen molar-refractivity contribution in [3.8, 4) is 28.8 Å². The zero-order chi connectivity index (χ0) is 13.8. The van der Waals surface area contributed by atoms with E-state index >= 15 is 0 Å². The SMILES string of the molecule is COc1cnc(-c2cc(F)ccc2OC)cc1C#N. The molecule has 0 saturated heterocycles. The monoisotopic (exact) mass is 258 g/mol. The number of aromatic nitrogens is 1. The van der Waals surface area contributed by atoms with Crippen molar-refractivity contribution in [2.75, 3.05) is 14.2 Å². The van der Waals surface area contributed by atoms with E-state index in [9.17, 15) is 4.39 Å². The first-order valence-corrected chi connectivity index (χ1v) is 5.47. The van der Waals surface area contributed by atoms with E-state index in [1.165, 1.54) is 44.7 Å². The van der Waals surface area contributed by atoms with Crippen molar-refractivity contribution in [1.29, 1.82) is 5.26 Å². The van der Waals surface area contributed by atoms with Crippen LogP contribution in [0.5, 0.6) is 11.5 Å². The number of pyridine rings is 1. The van der Waals surface area contributed by atoms with Crippen LogP contribution in [-0.4, -0.2) is 19.2 Å². The molecule has 1 heterocycles. The smallest absolute Gasteiger partial charge is 0.154 e. The quantitative estimate of drug-likeness (QED) is 0.849. The second kappa shape index (κ2) is 5.36.